The molecule has 1 amide bonds. The molecule has 18 heavy (non-hydrogen) atoms. The van der Waals surface area contributed by atoms with E-state index in [0.717, 1.165) is 0 Å². The molecule has 1 aromatic rings. The molecule has 1 aromatic carbocycles. The Labute approximate surface area is 111 Å². The van der Waals surface area contributed by atoms with Crippen LogP contribution in [0, 0.1) is 10.1 Å². The second kappa shape index (κ2) is 6.04. The lowest BCUT2D eigenvalue weighted by molar-refractivity contribution is -0.384. The van der Waals surface area contributed by atoms with Crippen molar-refractivity contribution in [3.63, 3.8) is 0 Å². The number of hydrogen-bond donors (Lipinski definition) is 1. The molecule has 0 aliphatic rings. The van der Waals surface area contributed by atoms with Gasteiger partial charge >= 0.3 is 12.1 Å². The Hall–Kier alpha value is -1.30. The maximum atomic E-state index is 11.0. The van der Waals surface area contributed by atoms with Crippen molar-refractivity contribution in [1.29, 1.82) is 0 Å². The Morgan fingerprint density at radius 1 is 1.39 bits per heavy atom. The lowest BCUT2D eigenvalue weighted by Crippen LogP contribution is -2.17. The molecule has 0 saturated heterocycles. The molecule has 0 fully saturated rings. The van der Waals surface area contributed by atoms with Gasteiger partial charge in [0.25, 0.3) is 5.69 Å². The maximum Gasteiger partial charge on any atom is 0.414 e. The van der Waals surface area contributed by atoms with Crippen molar-refractivity contribution in [2.75, 3.05) is 0 Å². The zero-order chi connectivity index (χ0) is 13.8. The van der Waals surface area contributed by atoms with Gasteiger partial charge in [-0.25, -0.2) is 9.88 Å². The van der Waals surface area contributed by atoms with Crippen LogP contribution in [0.2, 0.25) is 0 Å². The normalized spacial score (nSPS) is 10.8. The number of hydrogen-bond acceptors (Lipinski definition) is 5. The van der Waals surface area contributed by atoms with E-state index in [0.29, 0.717) is 5.56 Å². The van der Waals surface area contributed by atoms with E-state index < -0.39 is 17.0 Å². The predicted molar refractivity (Wildman–Crippen MR) is 65.7 cm³/mol. The van der Waals surface area contributed by atoms with Crippen LogP contribution in [0.25, 0.3) is 0 Å². The molecule has 0 aromatic heterocycles. The van der Waals surface area contributed by atoms with E-state index in [-0.39, 0.29) is 12.3 Å². The summed E-state index contributed by atoms with van der Waals surface area (Å²) in [5, 5.41) is 12.1. The summed E-state index contributed by atoms with van der Waals surface area (Å²) in [5.74, 6) is -3.73. The van der Waals surface area contributed by atoms with Gasteiger partial charge in [-0.1, -0.05) is 0 Å². The molecule has 1 N–H and O–H groups in total. The fraction of sp³-hybridized carbons (Fsp3) is 0.125. The Morgan fingerprint density at radius 2 is 1.94 bits per heavy atom. The highest BCUT2D eigenvalue weighted by Crippen LogP contribution is 2.52. The summed E-state index contributed by atoms with van der Waals surface area (Å²) in [7, 11) is 0. The molecule has 0 aliphatic heterocycles. The molecular formula is C8H7Cl2N2O5P. The summed E-state index contributed by atoms with van der Waals surface area (Å²) in [6.07, 6.45) is -1.04. The number of carbonyl (C=O) groups is 1. The van der Waals surface area contributed by atoms with Crippen LogP contribution in [-0.4, -0.2) is 11.0 Å². The zero-order valence-corrected chi connectivity index (χ0v) is 11.1. The average molecular weight is 313 g/mol. The van der Waals surface area contributed by atoms with E-state index in [2.05, 4.69) is 4.74 Å². The highest BCUT2D eigenvalue weighted by atomic mass is 35.9. The Bertz CT molecular complexity index is 501. The van der Waals surface area contributed by atoms with E-state index in [1.165, 1.54) is 24.3 Å². The molecule has 0 saturated carbocycles. The fourth-order valence-electron chi connectivity index (χ4n) is 1.00. The topological polar surface area (TPSA) is 98.5 Å². The van der Waals surface area contributed by atoms with Crippen LogP contribution < -0.4 is 5.09 Å². The maximum absolute atomic E-state index is 11.0. The number of ether oxygens (including phenoxy) is 1. The number of nitro groups is 1. The molecule has 98 valence electrons. The Morgan fingerprint density at radius 3 is 2.39 bits per heavy atom. The summed E-state index contributed by atoms with van der Waals surface area (Å²) in [6, 6.07) is 5.38. The first kappa shape index (κ1) is 14.8. The molecule has 0 atom stereocenters. The smallest absolute Gasteiger partial charge is 0.414 e. The van der Waals surface area contributed by atoms with Gasteiger partial charge in [0.1, 0.15) is 6.61 Å². The van der Waals surface area contributed by atoms with Crippen LogP contribution in [0.5, 0.6) is 0 Å². The number of carbonyl (C=O) groups excluding carboxylic acids is 1. The van der Waals surface area contributed by atoms with Gasteiger partial charge in [-0.05, 0) is 40.2 Å². The highest BCUT2D eigenvalue weighted by molar-refractivity contribution is 8.07. The van der Waals surface area contributed by atoms with E-state index in [4.69, 9.17) is 22.5 Å². The molecule has 1 rings (SSSR count). The highest BCUT2D eigenvalue weighted by Gasteiger charge is 2.18. The molecule has 0 heterocycles. The Balaban J connectivity index is 2.51. The van der Waals surface area contributed by atoms with Crippen molar-refractivity contribution >= 4 is 40.3 Å². The molecule has 0 aliphatic carbocycles. The molecule has 0 unspecified atom stereocenters. The third-order valence-electron chi connectivity index (χ3n) is 1.74. The second-order valence-electron chi connectivity index (χ2n) is 3.07. The zero-order valence-electron chi connectivity index (χ0n) is 8.71. The van der Waals surface area contributed by atoms with E-state index >= 15 is 0 Å². The monoisotopic (exact) mass is 312 g/mol. The summed E-state index contributed by atoms with van der Waals surface area (Å²) in [4.78, 5) is 20.9. The van der Waals surface area contributed by atoms with Crippen LogP contribution in [0.3, 0.4) is 0 Å². The minimum absolute atomic E-state index is 0.0748. The van der Waals surface area contributed by atoms with Gasteiger partial charge in [-0.3, -0.25) is 14.7 Å². The number of rotatable bonds is 4. The van der Waals surface area contributed by atoms with E-state index in [1.54, 1.807) is 5.09 Å². The largest absolute Gasteiger partial charge is 0.444 e. The number of amides is 1. The standard InChI is InChI=1S/C8H7Cl2N2O5P/c9-18(10,16)11-8(13)17-5-6-1-3-7(4-2-6)12(14)15/h1-4H,5H2,(H,11,13,16). The quantitative estimate of drug-likeness (QED) is 0.522. The van der Waals surface area contributed by atoms with Crippen LogP contribution in [0.4, 0.5) is 10.5 Å². The summed E-state index contributed by atoms with van der Waals surface area (Å²) in [6.45, 7) is -0.155. The van der Waals surface area contributed by atoms with Crippen LogP contribution in [0.1, 0.15) is 5.56 Å². The van der Waals surface area contributed by atoms with Crippen LogP contribution in [0.15, 0.2) is 24.3 Å². The first-order valence-electron chi connectivity index (χ1n) is 4.45. The molecule has 7 nitrogen and oxygen atoms in total. The van der Waals surface area contributed by atoms with Crippen LogP contribution in [-0.2, 0) is 15.9 Å². The molecule has 0 radical (unpaired) electrons. The fourth-order valence-corrected chi connectivity index (χ4v) is 1.69. The molecule has 10 heteroatoms. The number of nitro benzene ring substituents is 1. The minimum Gasteiger partial charge on any atom is -0.444 e. The van der Waals surface area contributed by atoms with Crippen molar-refractivity contribution < 1.29 is 19.0 Å². The SMILES string of the molecule is O=C(NP(=O)(Cl)Cl)OCc1ccc([N+](=O)[O-])cc1. The van der Waals surface area contributed by atoms with Gasteiger partial charge in [0, 0.05) is 12.1 Å². The third kappa shape index (κ3) is 5.35. The van der Waals surface area contributed by atoms with Crippen molar-refractivity contribution in [2.45, 2.75) is 6.61 Å². The number of nitrogens with zero attached hydrogens (tertiary/aromatic N) is 1. The van der Waals surface area contributed by atoms with Gasteiger partial charge in [-0.2, -0.15) is 0 Å². The first-order chi connectivity index (χ1) is 8.28. The summed E-state index contributed by atoms with van der Waals surface area (Å²) in [5.41, 5.74) is 0.448. The third-order valence-corrected chi connectivity index (χ3v) is 2.69. The average Bonchev–Trinajstić information content (AvgIpc) is 2.24. The number of nitrogens with one attached hydrogen (secondary N) is 1. The van der Waals surface area contributed by atoms with Gasteiger partial charge in [0.05, 0.1) is 4.92 Å². The molecular weight excluding hydrogens is 306 g/mol. The number of non-ortho nitro benzene ring substituents is 1. The van der Waals surface area contributed by atoms with Crippen LogP contribution >= 0.6 is 28.5 Å². The van der Waals surface area contributed by atoms with E-state index in [1.807, 2.05) is 0 Å². The summed E-state index contributed by atoms with van der Waals surface area (Å²) >= 11 is 10.2. The second-order valence-corrected chi connectivity index (χ2v) is 7.60. The predicted octanol–water partition coefficient (Wildman–Crippen LogP) is 3.41. The van der Waals surface area contributed by atoms with Gasteiger partial charge < -0.3 is 4.74 Å². The summed E-state index contributed by atoms with van der Waals surface area (Å²) < 4.78 is 15.4. The lowest BCUT2D eigenvalue weighted by Gasteiger charge is -2.06. The molecule has 0 spiro atoms. The van der Waals surface area contributed by atoms with Gasteiger partial charge in [0.15, 0.2) is 0 Å². The van der Waals surface area contributed by atoms with Crippen molar-refractivity contribution in [1.82, 2.24) is 5.09 Å². The van der Waals surface area contributed by atoms with Gasteiger partial charge in [0.2, 0.25) is 0 Å². The van der Waals surface area contributed by atoms with Crippen molar-refractivity contribution in [2.24, 2.45) is 0 Å². The van der Waals surface area contributed by atoms with Crippen molar-refractivity contribution in [3.8, 4) is 0 Å². The van der Waals surface area contributed by atoms with E-state index in [9.17, 15) is 19.5 Å². The number of benzene rings is 1. The first-order valence-corrected chi connectivity index (χ1v) is 7.97. The molecule has 0 bridgehead atoms. The minimum atomic E-state index is -3.73. The van der Waals surface area contributed by atoms with Gasteiger partial charge in [-0.15, -0.1) is 0 Å². The Kier molecular flexibility index (Phi) is 4.95. The lowest BCUT2D eigenvalue weighted by atomic mass is 10.2. The van der Waals surface area contributed by atoms with Crippen molar-refractivity contribution in [3.05, 3.63) is 39.9 Å². The number of halogens is 2.